The molecule has 2 N–H and O–H groups in total. The summed E-state index contributed by atoms with van der Waals surface area (Å²) in [6, 6.07) is 0. The molecule has 0 aromatic carbocycles. The molecule has 7 heavy (non-hydrogen) atoms. The van der Waals surface area contributed by atoms with Crippen LogP contribution in [0.2, 0.25) is 0 Å². The third-order valence-electron chi connectivity index (χ3n) is 0.350. The number of allylic oxidation sites excluding steroid dienone is 1. The van der Waals surface area contributed by atoms with E-state index in [-0.39, 0.29) is 0 Å². The smallest absolute Gasteiger partial charge is 0.0554 e. The fourth-order valence-corrected chi connectivity index (χ4v) is 0.212. The van der Waals surface area contributed by atoms with Gasteiger partial charge in [-0.2, -0.15) is 0 Å². The molecule has 0 saturated carbocycles. The first-order valence-electron chi connectivity index (χ1n) is 1.85. The van der Waals surface area contributed by atoms with E-state index in [1.54, 1.807) is 0 Å². The minimum Gasteiger partial charge on any atom is -0.320 e. The zero-order valence-electron chi connectivity index (χ0n) is 3.82. The summed E-state index contributed by atoms with van der Waals surface area (Å²) in [6.07, 6.45) is 1.54. The van der Waals surface area contributed by atoms with E-state index in [9.17, 15) is 0 Å². The normalized spacial score (nSPS) is 8.29. The lowest BCUT2D eigenvalue weighted by atomic mass is 10.6. The van der Waals surface area contributed by atoms with E-state index < -0.39 is 0 Å². The lowest BCUT2D eigenvalue weighted by Gasteiger charge is -1.64. The Bertz CT molecular complexity index is 107. The Balaban J connectivity index is 3.25. The zero-order chi connectivity index (χ0) is 5.54. The first-order valence-corrected chi connectivity index (χ1v) is 2.29. The maximum absolute atomic E-state index is 5.11. The Labute approximate surface area is 48.2 Å². The maximum Gasteiger partial charge on any atom is 0.0554 e. The van der Waals surface area contributed by atoms with Crippen LogP contribution >= 0.6 is 11.6 Å². The van der Waals surface area contributed by atoms with Gasteiger partial charge in [-0.1, -0.05) is 23.4 Å². The van der Waals surface area contributed by atoms with E-state index in [0.29, 0.717) is 6.54 Å². The molecule has 2 heteroatoms. The fraction of sp³-hybridized carbons (Fsp3) is 0.200. The van der Waals surface area contributed by atoms with Gasteiger partial charge in [0.15, 0.2) is 0 Å². The number of hydrogen-bond donors (Lipinski definition) is 1. The summed E-state index contributed by atoms with van der Waals surface area (Å²) >= 11 is 5.11. The maximum atomic E-state index is 5.11. The predicted octanol–water partition coefficient (Wildman–Crippen LogP) is 0.701. The highest BCUT2D eigenvalue weighted by atomic mass is 35.5. The van der Waals surface area contributed by atoms with Crippen molar-refractivity contribution in [3.05, 3.63) is 11.6 Å². The molecule has 1 nitrogen and oxygen atoms in total. The summed E-state index contributed by atoms with van der Waals surface area (Å²) in [4.78, 5) is 0. The summed E-state index contributed by atoms with van der Waals surface area (Å²) in [7, 11) is 0. The second kappa shape index (κ2) is 5.55. The molecule has 0 aliphatic carbocycles. The molecule has 0 aliphatic rings. The quantitative estimate of drug-likeness (QED) is 0.462. The van der Waals surface area contributed by atoms with Crippen LogP contribution in [-0.2, 0) is 0 Å². The Kier molecular flexibility index (Phi) is 5.19. The molecule has 0 aromatic rings. The molecule has 0 amide bonds. The van der Waals surface area contributed by atoms with Crippen LogP contribution in [0.5, 0.6) is 0 Å². The van der Waals surface area contributed by atoms with Crippen molar-refractivity contribution in [3.8, 4) is 11.8 Å². The average molecular weight is 116 g/mol. The Hall–Kier alpha value is -0.450. The molecular weight excluding hydrogens is 110 g/mol. The van der Waals surface area contributed by atoms with Crippen LogP contribution in [0.25, 0.3) is 0 Å². The van der Waals surface area contributed by atoms with Crippen LogP contribution < -0.4 is 5.73 Å². The van der Waals surface area contributed by atoms with Crippen molar-refractivity contribution < 1.29 is 0 Å². The van der Waals surface area contributed by atoms with Crippen LogP contribution in [0.1, 0.15) is 0 Å². The van der Waals surface area contributed by atoms with E-state index in [0.717, 1.165) is 0 Å². The van der Waals surface area contributed by atoms with Crippen molar-refractivity contribution in [3.63, 3.8) is 0 Å². The highest BCUT2D eigenvalue weighted by Crippen LogP contribution is 1.72. The van der Waals surface area contributed by atoms with Gasteiger partial charge in [-0.05, 0) is 6.08 Å². The van der Waals surface area contributed by atoms with Crippen molar-refractivity contribution in [2.24, 2.45) is 5.73 Å². The molecule has 0 aliphatic heterocycles. The minimum atomic E-state index is 0.390. The van der Waals surface area contributed by atoms with Crippen LogP contribution in [0, 0.1) is 11.8 Å². The minimum absolute atomic E-state index is 0.390. The molecule has 0 atom stereocenters. The van der Waals surface area contributed by atoms with Gasteiger partial charge >= 0.3 is 0 Å². The molecule has 0 fully saturated rings. The van der Waals surface area contributed by atoms with Gasteiger partial charge in [-0.15, -0.1) is 0 Å². The van der Waals surface area contributed by atoms with Crippen LogP contribution in [0.3, 0.4) is 0 Å². The van der Waals surface area contributed by atoms with Gasteiger partial charge in [0, 0.05) is 5.54 Å². The SMILES string of the molecule is NCC#C/C=C/Cl. The Morgan fingerprint density at radius 1 is 1.71 bits per heavy atom. The monoisotopic (exact) mass is 115 g/mol. The fourth-order valence-electron chi connectivity index (χ4n) is 0.149. The number of hydrogen-bond acceptors (Lipinski definition) is 1. The topological polar surface area (TPSA) is 26.0 Å². The Morgan fingerprint density at radius 2 is 2.43 bits per heavy atom. The highest BCUT2D eigenvalue weighted by molar-refractivity contribution is 6.25. The lowest BCUT2D eigenvalue weighted by Crippen LogP contribution is -1.92. The van der Waals surface area contributed by atoms with E-state index in [1.807, 2.05) is 0 Å². The lowest BCUT2D eigenvalue weighted by molar-refractivity contribution is 1.30. The molecule has 0 saturated heterocycles. The molecule has 0 bridgehead atoms. The summed E-state index contributed by atoms with van der Waals surface area (Å²) < 4.78 is 0. The Morgan fingerprint density at radius 3 is 2.86 bits per heavy atom. The molecule has 0 radical (unpaired) electrons. The third kappa shape index (κ3) is 5.55. The second-order valence-electron chi connectivity index (χ2n) is 0.818. The molecule has 0 spiro atoms. The van der Waals surface area contributed by atoms with Gasteiger partial charge in [0.1, 0.15) is 0 Å². The standard InChI is InChI=1S/C5H6ClN/c6-4-2-1-3-5-7/h2,4H,5,7H2/b4-2+. The largest absolute Gasteiger partial charge is 0.320 e. The van der Waals surface area contributed by atoms with Crippen LogP contribution in [-0.4, -0.2) is 6.54 Å². The summed E-state index contributed by atoms with van der Waals surface area (Å²) in [5.74, 6) is 5.20. The van der Waals surface area contributed by atoms with E-state index in [1.165, 1.54) is 11.6 Å². The first-order chi connectivity index (χ1) is 3.41. The molecular formula is C5H6ClN. The van der Waals surface area contributed by atoms with Crippen molar-refractivity contribution >= 4 is 11.6 Å². The molecule has 0 unspecified atom stereocenters. The van der Waals surface area contributed by atoms with Crippen molar-refractivity contribution in [2.45, 2.75) is 0 Å². The van der Waals surface area contributed by atoms with Crippen LogP contribution in [0.4, 0.5) is 0 Å². The van der Waals surface area contributed by atoms with Gasteiger partial charge in [0.05, 0.1) is 6.54 Å². The number of nitrogens with two attached hydrogens (primary N) is 1. The third-order valence-corrected chi connectivity index (χ3v) is 0.476. The van der Waals surface area contributed by atoms with Crippen molar-refractivity contribution in [1.82, 2.24) is 0 Å². The molecule has 0 aromatic heterocycles. The molecule has 0 heterocycles. The summed E-state index contributed by atoms with van der Waals surface area (Å²) in [6.45, 7) is 0.390. The van der Waals surface area contributed by atoms with Crippen molar-refractivity contribution in [1.29, 1.82) is 0 Å². The molecule has 38 valence electrons. The number of rotatable bonds is 0. The van der Waals surface area contributed by atoms with E-state index in [2.05, 4.69) is 11.8 Å². The van der Waals surface area contributed by atoms with Gasteiger partial charge in [-0.3, -0.25) is 0 Å². The van der Waals surface area contributed by atoms with Gasteiger partial charge in [0.2, 0.25) is 0 Å². The van der Waals surface area contributed by atoms with Gasteiger partial charge in [-0.25, -0.2) is 0 Å². The van der Waals surface area contributed by atoms with Gasteiger partial charge < -0.3 is 5.73 Å². The highest BCUT2D eigenvalue weighted by Gasteiger charge is 1.54. The van der Waals surface area contributed by atoms with E-state index >= 15 is 0 Å². The predicted molar refractivity (Wildman–Crippen MR) is 31.8 cm³/mol. The average Bonchev–Trinajstić information content (AvgIpc) is 1.69. The zero-order valence-corrected chi connectivity index (χ0v) is 4.57. The second-order valence-corrected chi connectivity index (χ2v) is 1.07. The number of halogens is 1. The summed E-state index contributed by atoms with van der Waals surface area (Å²) in [5, 5.41) is 0. The summed E-state index contributed by atoms with van der Waals surface area (Å²) in [5.41, 5.74) is 6.37. The van der Waals surface area contributed by atoms with Crippen LogP contribution in [0.15, 0.2) is 11.6 Å². The molecule has 0 rings (SSSR count). The van der Waals surface area contributed by atoms with Crippen molar-refractivity contribution in [2.75, 3.05) is 6.54 Å². The first kappa shape index (κ1) is 6.55. The van der Waals surface area contributed by atoms with Gasteiger partial charge in [0.25, 0.3) is 0 Å². The van der Waals surface area contributed by atoms with E-state index in [4.69, 9.17) is 17.3 Å².